The number of rotatable bonds is 2. The summed E-state index contributed by atoms with van der Waals surface area (Å²) in [5.74, 6) is 0. The van der Waals surface area contributed by atoms with Gasteiger partial charge in [0.2, 0.25) is 0 Å². The van der Waals surface area contributed by atoms with Crippen LogP contribution < -0.4 is 11.5 Å². The number of hydrogen-bond acceptors (Lipinski definition) is 4. The third-order valence-electron chi connectivity index (χ3n) is 1.91. The summed E-state index contributed by atoms with van der Waals surface area (Å²) in [7, 11) is 0. The van der Waals surface area contributed by atoms with Gasteiger partial charge in [-0.3, -0.25) is 10.1 Å². The number of nitro benzene ring substituents is 1. The molecule has 0 saturated carbocycles. The van der Waals surface area contributed by atoms with E-state index in [0.717, 1.165) is 0 Å². The first kappa shape index (κ1) is 9.47. The van der Waals surface area contributed by atoms with Crippen molar-refractivity contribution in [1.82, 2.24) is 0 Å². The van der Waals surface area contributed by atoms with Crippen LogP contribution in [0.15, 0.2) is 12.1 Å². The predicted molar refractivity (Wildman–Crippen MR) is 50.1 cm³/mol. The summed E-state index contributed by atoms with van der Waals surface area (Å²) in [5, 5.41) is 10.6. The highest BCUT2D eigenvalue weighted by Crippen LogP contribution is 2.25. The van der Waals surface area contributed by atoms with E-state index in [2.05, 4.69) is 0 Å². The number of nitrogen functional groups attached to an aromatic ring is 1. The maximum Gasteiger partial charge on any atom is 0.274 e. The number of anilines is 1. The van der Waals surface area contributed by atoms with Crippen LogP contribution in [0.1, 0.15) is 11.1 Å². The zero-order valence-corrected chi connectivity index (χ0v) is 7.28. The van der Waals surface area contributed by atoms with Crippen molar-refractivity contribution in [2.75, 3.05) is 5.73 Å². The number of nitrogens with zero attached hydrogens (tertiary/aromatic N) is 1. The average Bonchev–Trinajstić information content (AvgIpc) is 2.09. The molecule has 0 aliphatic carbocycles. The summed E-state index contributed by atoms with van der Waals surface area (Å²) in [6.45, 7) is 1.87. The molecule has 0 unspecified atom stereocenters. The maximum absolute atomic E-state index is 10.6. The Balaban J connectivity index is 3.33. The summed E-state index contributed by atoms with van der Waals surface area (Å²) in [6, 6.07) is 3.11. The van der Waals surface area contributed by atoms with Crippen molar-refractivity contribution in [2.45, 2.75) is 13.5 Å². The molecule has 4 N–H and O–H groups in total. The molecule has 0 aromatic heterocycles. The molecule has 0 radical (unpaired) electrons. The van der Waals surface area contributed by atoms with E-state index in [9.17, 15) is 10.1 Å². The van der Waals surface area contributed by atoms with Crippen LogP contribution in [0.5, 0.6) is 0 Å². The minimum atomic E-state index is -0.454. The van der Waals surface area contributed by atoms with Crippen LogP contribution in [-0.2, 0) is 6.54 Å². The van der Waals surface area contributed by atoms with Gasteiger partial charge in [0.15, 0.2) is 0 Å². The summed E-state index contributed by atoms with van der Waals surface area (Å²) >= 11 is 0. The Labute approximate surface area is 75.5 Å². The quantitative estimate of drug-likeness (QED) is 0.403. The first-order chi connectivity index (χ1) is 6.06. The average molecular weight is 181 g/mol. The van der Waals surface area contributed by atoms with E-state index in [1.165, 1.54) is 6.07 Å². The van der Waals surface area contributed by atoms with Crippen LogP contribution in [0, 0.1) is 17.0 Å². The molecule has 0 atom stereocenters. The Hall–Kier alpha value is -1.62. The highest BCUT2D eigenvalue weighted by atomic mass is 16.6. The fourth-order valence-corrected chi connectivity index (χ4v) is 1.09. The molecule has 1 aromatic carbocycles. The Kier molecular flexibility index (Phi) is 2.48. The molecule has 0 bridgehead atoms. The van der Waals surface area contributed by atoms with Gasteiger partial charge in [-0.05, 0) is 18.6 Å². The molecule has 70 valence electrons. The molecule has 1 aromatic rings. The van der Waals surface area contributed by atoms with Gasteiger partial charge < -0.3 is 11.5 Å². The van der Waals surface area contributed by atoms with Gasteiger partial charge in [-0.2, -0.15) is 0 Å². The van der Waals surface area contributed by atoms with E-state index in [4.69, 9.17) is 11.5 Å². The summed E-state index contributed by atoms with van der Waals surface area (Å²) in [5.41, 5.74) is 12.5. The molecule has 5 heteroatoms. The molecule has 0 amide bonds. The van der Waals surface area contributed by atoms with Crippen molar-refractivity contribution in [1.29, 1.82) is 0 Å². The maximum atomic E-state index is 10.6. The van der Waals surface area contributed by atoms with Crippen LogP contribution in [-0.4, -0.2) is 4.92 Å². The van der Waals surface area contributed by atoms with Gasteiger partial charge in [0, 0.05) is 23.9 Å². The van der Waals surface area contributed by atoms with E-state index < -0.39 is 4.92 Å². The number of hydrogen-bond donors (Lipinski definition) is 2. The fourth-order valence-electron chi connectivity index (χ4n) is 1.09. The smallest absolute Gasteiger partial charge is 0.274 e. The van der Waals surface area contributed by atoms with Crippen LogP contribution in [0.3, 0.4) is 0 Å². The summed E-state index contributed by atoms with van der Waals surface area (Å²) in [6.07, 6.45) is 0. The minimum absolute atomic E-state index is 0.0282. The van der Waals surface area contributed by atoms with Gasteiger partial charge in [0.05, 0.1) is 4.92 Å². The predicted octanol–water partition coefficient (Wildman–Crippen LogP) is 0.944. The minimum Gasteiger partial charge on any atom is -0.398 e. The molecule has 0 aliphatic heterocycles. The largest absolute Gasteiger partial charge is 0.398 e. The zero-order valence-electron chi connectivity index (χ0n) is 7.28. The van der Waals surface area contributed by atoms with Crippen molar-refractivity contribution in [2.24, 2.45) is 5.73 Å². The Morgan fingerprint density at radius 2 is 2.15 bits per heavy atom. The van der Waals surface area contributed by atoms with Crippen LogP contribution >= 0.6 is 0 Å². The summed E-state index contributed by atoms with van der Waals surface area (Å²) < 4.78 is 0. The Morgan fingerprint density at radius 3 is 2.62 bits per heavy atom. The second-order valence-corrected chi connectivity index (χ2v) is 2.79. The van der Waals surface area contributed by atoms with Crippen LogP contribution in [0.4, 0.5) is 11.4 Å². The Bertz CT molecular complexity index is 349. The van der Waals surface area contributed by atoms with Crippen molar-refractivity contribution < 1.29 is 4.92 Å². The van der Waals surface area contributed by atoms with E-state index in [0.29, 0.717) is 16.8 Å². The van der Waals surface area contributed by atoms with Gasteiger partial charge in [0.25, 0.3) is 5.69 Å². The lowest BCUT2D eigenvalue weighted by Crippen LogP contribution is -2.02. The monoisotopic (exact) mass is 181 g/mol. The van der Waals surface area contributed by atoms with Crippen LogP contribution in [0.25, 0.3) is 0 Å². The molecule has 5 nitrogen and oxygen atoms in total. The fraction of sp³-hybridized carbons (Fsp3) is 0.250. The standard InChI is InChI=1S/C8H11N3O2/c1-5-7(10)2-6(4-9)3-8(5)11(12)13/h2-3H,4,9-10H2,1H3. The second kappa shape index (κ2) is 3.40. The Morgan fingerprint density at radius 1 is 1.54 bits per heavy atom. The lowest BCUT2D eigenvalue weighted by molar-refractivity contribution is -0.385. The lowest BCUT2D eigenvalue weighted by atomic mass is 10.1. The number of nitro groups is 1. The van der Waals surface area contributed by atoms with Crippen molar-refractivity contribution >= 4 is 11.4 Å². The molecule has 0 aliphatic rings. The molecule has 1 rings (SSSR count). The first-order valence-corrected chi connectivity index (χ1v) is 3.79. The molecule has 0 spiro atoms. The molecule has 13 heavy (non-hydrogen) atoms. The van der Waals surface area contributed by atoms with E-state index >= 15 is 0 Å². The lowest BCUT2D eigenvalue weighted by Gasteiger charge is -2.03. The zero-order chi connectivity index (χ0) is 10.0. The van der Waals surface area contributed by atoms with Crippen LogP contribution in [0.2, 0.25) is 0 Å². The van der Waals surface area contributed by atoms with E-state index in [-0.39, 0.29) is 12.2 Å². The van der Waals surface area contributed by atoms with Crippen molar-refractivity contribution in [3.63, 3.8) is 0 Å². The molecular formula is C8H11N3O2. The third-order valence-corrected chi connectivity index (χ3v) is 1.91. The SMILES string of the molecule is Cc1c(N)cc(CN)cc1[N+](=O)[O-]. The van der Waals surface area contributed by atoms with E-state index in [1.807, 2.05) is 0 Å². The van der Waals surface area contributed by atoms with Gasteiger partial charge in [-0.25, -0.2) is 0 Å². The van der Waals surface area contributed by atoms with Crippen molar-refractivity contribution in [3.8, 4) is 0 Å². The summed E-state index contributed by atoms with van der Waals surface area (Å²) in [4.78, 5) is 10.1. The van der Waals surface area contributed by atoms with Crippen molar-refractivity contribution in [3.05, 3.63) is 33.4 Å². The van der Waals surface area contributed by atoms with Gasteiger partial charge in [-0.15, -0.1) is 0 Å². The third kappa shape index (κ3) is 1.75. The number of nitrogens with two attached hydrogens (primary N) is 2. The molecular weight excluding hydrogens is 170 g/mol. The molecule has 0 heterocycles. The van der Waals surface area contributed by atoms with Gasteiger partial charge in [-0.1, -0.05) is 0 Å². The van der Waals surface area contributed by atoms with Gasteiger partial charge >= 0.3 is 0 Å². The first-order valence-electron chi connectivity index (χ1n) is 3.79. The van der Waals surface area contributed by atoms with Gasteiger partial charge in [0.1, 0.15) is 0 Å². The number of benzene rings is 1. The normalized spacial score (nSPS) is 10.0. The second-order valence-electron chi connectivity index (χ2n) is 2.79. The molecule has 0 fully saturated rings. The highest BCUT2D eigenvalue weighted by molar-refractivity contribution is 5.59. The topological polar surface area (TPSA) is 95.2 Å². The van der Waals surface area contributed by atoms with E-state index in [1.54, 1.807) is 13.0 Å². The molecule has 0 saturated heterocycles. The highest BCUT2D eigenvalue weighted by Gasteiger charge is 2.13.